The van der Waals surface area contributed by atoms with Crippen molar-refractivity contribution in [2.75, 3.05) is 18.1 Å². The molecular formula is C14H17N3O2S. The Morgan fingerprint density at radius 2 is 1.75 bits per heavy atom. The van der Waals surface area contributed by atoms with Gasteiger partial charge < -0.3 is 11.1 Å². The monoisotopic (exact) mass is 291 g/mol. The maximum absolute atomic E-state index is 12.0. The number of nitrogen functional groups attached to an aromatic ring is 1. The van der Waals surface area contributed by atoms with E-state index in [0.717, 1.165) is 11.3 Å². The number of para-hydroxylation sites is 1. The fourth-order valence-corrected chi connectivity index (χ4v) is 2.75. The molecule has 6 heteroatoms. The van der Waals surface area contributed by atoms with Crippen molar-refractivity contribution < 1.29 is 8.42 Å². The molecule has 0 saturated heterocycles. The first-order valence-electron chi connectivity index (χ1n) is 6.10. The van der Waals surface area contributed by atoms with Crippen molar-refractivity contribution in [1.82, 2.24) is 4.72 Å². The normalized spacial score (nSPS) is 11.3. The molecule has 0 aromatic heterocycles. The van der Waals surface area contributed by atoms with Crippen LogP contribution in [0.4, 0.5) is 17.1 Å². The molecule has 20 heavy (non-hydrogen) atoms. The summed E-state index contributed by atoms with van der Waals surface area (Å²) in [4.78, 5) is 0.128. The summed E-state index contributed by atoms with van der Waals surface area (Å²) in [5.41, 5.74) is 8.45. The van der Waals surface area contributed by atoms with Crippen LogP contribution in [-0.2, 0) is 10.0 Å². The number of rotatable bonds is 4. The van der Waals surface area contributed by atoms with Crippen molar-refractivity contribution in [3.63, 3.8) is 0 Å². The predicted molar refractivity (Wildman–Crippen MR) is 81.6 cm³/mol. The van der Waals surface area contributed by atoms with E-state index < -0.39 is 10.0 Å². The van der Waals surface area contributed by atoms with Crippen LogP contribution >= 0.6 is 0 Å². The number of aryl methyl sites for hydroxylation is 1. The summed E-state index contributed by atoms with van der Waals surface area (Å²) in [6.45, 7) is 1.95. The zero-order chi connectivity index (χ0) is 14.8. The van der Waals surface area contributed by atoms with Gasteiger partial charge in [0.15, 0.2) is 0 Å². The van der Waals surface area contributed by atoms with E-state index in [1.165, 1.54) is 13.1 Å². The Kier molecular flexibility index (Phi) is 3.96. The molecule has 0 aliphatic heterocycles. The van der Waals surface area contributed by atoms with E-state index in [-0.39, 0.29) is 4.90 Å². The summed E-state index contributed by atoms with van der Waals surface area (Å²) < 4.78 is 26.4. The highest BCUT2D eigenvalue weighted by Gasteiger charge is 2.17. The van der Waals surface area contributed by atoms with Gasteiger partial charge in [0.25, 0.3) is 0 Å². The summed E-state index contributed by atoms with van der Waals surface area (Å²) in [6.07, 6.45) is 0. The molecule has 0 aliphatic rings. The molecule has 106 valence electrons. The average molecular weight is 291 g/mol. The summed E-state index contributed by atoms with van der Waals surface area (Å²) in [7, 11) is -2.21. The van der Waals surface area contributed by atoms with Crippen molar-refractivity contribution in [1.29, 1.82) is 0 Å². The van der Waals surface area contributed by atoms with Crippen LogP contribution in [0.2, 0.25) is 0 Å². The minimum absolute atomic E-state index is 0.128. The van der Waals surface area contributed by atoms with Crippen molar-refractivity contribution in [2.24, 2.45) is 0 Å². The number of hydrogen-bond donors (Lipinski definition) is 3. The third-order valence-electron chi connectivity index (χ3n) is 2.98. The van der Waals surface area contributed by atoms with Gasteiger partial charge in [0.2, 0.25) is 10.0 Å². The van der Waals surface area contributed by atoms with E-state index in [1.807, 2.05) is 31.2 Å². The van der Waals surface area contributed by atoms with E-state index in [1.54, 1.807) is 12.1 Å². The van der Waals surface area contributed by atoms with E-state index in [0.29, 0.717) is 11.4 Å². The van der Waals surface area contributed by atoms with Crippen molar-refractivity contribution in [3.8, 4) is 0 Å². The van der Waals surface area contributed by atoms with Crippen LogP contribution in [0.1, 0.15) is 5.56 Å². The van der Waals surface area contributed by atoms with E-state index in [4.69, 9.17) is 5.73 Å². The van der Waals surface area contributed by atoms with Crippen LogP contribution in [0.15, 0.2) is 47.4 Å². The Hall–Kier alpha value is -2.05. The van der Waals surface area contributed by atoms with Crippen molar-refractivity contribution in [2.45, 2.75) is 11.8 Å². The first-order valence-corrected chi connectivity index (χ1v) is 7.58. The smallest absolute Gasteiger partial charge is 0.242 e. The molecule has 4 N–H and O–H groups in total. The lowest BCUT2D eigenvalue weighted by Gasteiger charge is -2.14. The average Bonchev–Trinajstić information content (AvgIpc) is 2.43. The Morgan fingerprint density at radius 1 is 1.05 bits per heavy atom. The molecule has 2 aromatic carbocycles. The van der Waals surface area contributed by atoms with Gasteiger partial charge in [-0.05, 0) is 43.8 Å². The predicted octanol–water partition coefficient (Wildman–Crippen LogP) is 2.23. The van der Waals surface area contributed by atoms with Gasteiger partial charge in [-0.2, -0.15) is 0 Å². The fourth-order valence-electron chi connectivity index (χ4n) is 1.83. The largest absolute Gasteiger partial charge is 0.399 e. The molecule has 0 heterocycles. The van der Waals surface area contributed by atoms with Crippen LogP contribution in [0.3, 0.4) is 0 Å². The third-order valence-corrected chi connectivity index (χ3v) is 4.43. The Bertz CT molecular complexity index is 727. The number of nitrogens with one attached hydrogen (secondary N) is 2. The second-order valence-electron chi connectivity index (χ2n) is 4.40. The summed E-state index contributed by atoms with van der Waals surface area (Å²) >= 11 is 0. The standard InChI is InChI=1S/C14H17N3O2S/c1-10-5-3-4-6-12(10)17-13-8-7-11(15)9-14(13)20(18,19)16-2/h3-9,16-17H,15H2,1-2H3. The minimum atomic E-state index is -3.58. The van der Waals surface area contributed by atoms with Crippen LogP contribution in [0.25, 0.3) is 0 Å². The number of benzene rings is 2. The van der Waals surface area contributed by atoms with Crippen molar-refractivity contribution >= 4 is 27.1 Å². The topological polar surface area (TPSA) is 84.2 Å². The Balaban J connectivity index is 2.50. The highest BCUT2D eigenvalue weighted by Crippen LogP contribution is 2.28. The lowest BCUT2D eigenvalue weighted by Crippen LogP contribution is -2.20. The molecule has 0 atom stereocenters. The lowest BCUT2D eigenvalue weighted by atomic mass is 10.2. The zero-order valence-corrected chi connectivity index (χ0v) is 12.2. The molecule has 0 radical (unpaired) electrons. The van der Waals surface area contributed by atoms with Crippen molar-refractivity contribution in [3.05, 3.63) is 48.0 Å². The molecule has 0 bridgehead atoms. The molecule has 2 rings (SSSR count). The van der Waals surface area contributed by atoms with Crippen LogP contribution in [0, 0.1) is 6.92 Å². The van der Waals surface area contributed by atoms with Gasteiger partial charge in [0.1, 0.15) is 4.90 Å². The quantitative estimate of drug-likeness (QED) is 0.754. The molecule has 0 spiro atoms. The van der Waals surface area contributed by atoms with Gasteiger partial charge in [0.05, 0.1) is 5.69 Å². The molecule has 0 aliphatic carbocycles. The Morgan fingerprint density at radius 3 is 2.40 bits per heavy atom. The Labute approximate surface area is 118 Å². The summed E-state index contributed by atoms with van der Waals surface area (Å²) in [6, 6.07) is 12.4. The van der Waals surface area contributed by atoms with Gasteiger partial charge in [-0.1, -0.05) is 18.2 Å². The first-order chi connectivity index (χ1) is 9.44. The number of anilines is 3. The number of nitrogens with two attached hydrogens (primary N) is 1. The van der Waals surface area contributed by atoms with E-state index >= 15 is 0 Å². The minimum Gasteiger partial charge on any atom is -0.399 e. The first kappa shape index (κ1) is 14.4. The summed E-state index contributed by atoms with van der Waals surface area (Å²) in [5.74, 6) is 0. The maximum Gasteiger partial charge on any atom is 0.242 e. The van der Waals surface area contributed by atoms with Gasteiger partial charge >= 0.3 is 0 Å². The number of hydrogen-bond acceptors (Lipinski definition) is 4. The molecule has 0 unspecified atom stereocenters. The molecule has 0 amide bonds. The van der Waals surface area contributed by atoms with Crippen LogP contribution in [-0.4, -0.2) is 15.5 Å². The lowest BCUT2D eigenvalue weighted by molar-refractivity contribution is 0.588. The van der Waals surface area contributed by atoms with Gasteiger partial charge in [-0.25, -0.2) is 13.1 Å². The van der Waals surface area contributed by atoms with Gasteiger partial charge in [0, 0.05) is 11.4 Å². The SMILES string of the molecule is CNS(=O)(=O)c1cc(N)ccc1Nc1ccccc1C. The fraction of sp³-hybridized carbons (Fsp3) is 0.143. The molecule has 0 saturated carbocycles. The highest BCUT2D eigenvalue weighted by atomic mass is 32.2. The van der Waals surface area contributed by atoms with Gasteiger partial charge in [-0.15, -0.1) is 0 Å². The second kappa shape index (κ2) is 5.52. The maximum atomic E-state index is 12.0. The molecule has 5 nitrogen and oxygen atoms in total. The van der Waals surface area contributed by atoms with Crippen LogP contribution < -0.4 is 15.8 Å². The highest BCUT2D eigenvalue weighted by molar-refractivity contribution is 7.89. The van der Waals surface area contributed by atoms with Crippen LogP contribution in [0.5, 0.6) is 0 Å². The van der Waals surface area contributed by atoms with Gasteiger partial charge in [-0.3, -0.25) is 0 Å². The number of sulfonamides is 1. The van der Waals surface area contributed by atoms with E-state index in [2.05, 4.69) is 10.0 Å². The molecular weight excluding hydrogens is 274 g/mol. The summed E-state index contributed by atoms with van der Waals surface area (Å²) in [5, 5.41) is 3.13. The molecule has 0 fully saturated rings. The second-order valence-corrected chi connectivity index (χ2v) is 6.26. The third kappa shape index (κ3) is 2.92. The molecule has 2 aromatic rings. The zero-order valence-electron chi connectivity index (χ0n) is 11.3. The van der Waals surface area contributed by atoms with E-state index in [9.17, 15) is 8.42 Å².